The first-order chi connectivity index (χ1) is 9.65. The Labute approximate surface area is 135 Å². The van der Waals surface area contributed by atoms with Gasteiger partial charge >= 0.3 is 5.97 Å². The van der Waals surface area contributed by atoms with E-state index >= 15 is 0 Å². The highest BCUT2D eigenvalue weighted by atomic mass is 35.5. The van der Waals surface area contributed by atoms with Crippen molar-refractivity contribution in [3.05, 3.63) is 0 Å². The van der Waals surface area contributed by atoms with Crippen LogP contribution in [0, 0.1) is 23.2 Å². The number of carbonyl (C=O) groups excluding carboxylic acids is 1. The number of ether oxygens (including phenoxy) is 1. The van der Waals surface area contributed by atoms with Crippen LogP contribution in [0.4, 0.5) is 0 Å². The Hall–Kier alpha value is -0.280. The fourth-order valence-corrected chi connectivity index (χ4v) is 5.32. The topological polar surface area (TPSA) is 29.5 Å². The van der Waals surface area contributed by atoms with Crippen LogP contribution in [0.5, 0.6) is 0 Å². The van der Waals surface area contributed by atoms with Crippen LogP contribution < -0.4 is 0 Å². The molecule has 4 bridgehead atoms. The first-order valence-electron chi connectivity index (χ1n) is 8.54. The summed E-state index contributed by atoms with van der Waals surface area (Å²) in [5, 5.41) is 0. The van der Waals surface area contributed by atoms with Crippen molar-refractivity contribution in [1.82, 2.24) is 4.90 Å². The third-order valence-electron chi connectivity index (χ3n) is 6.01. The van der Waals surface area contributed by atoms with Crippen LogP contribution in [0.25, 0.3) is 0 Å². The van der Waals surface area contributed by atoms with Crippen molar-refractivity contribution in [2.24, 2.45) is 23.2 Å². The molecule has 0 saturated heterocycles. The molecule has 4 rings (SSSR count). The van der Waals surface area contributed by atoms with Gasteiger partial charge in [0.05, 0.1) is 5.41 Å². The Morgan fingerprint density at radius 3 is 1.95 bits per heavy atom. The predicted octanol–water partition coefficient (Wildman–Crippen LogP) is 3.51. The Morgan fingerprint density at radius 1 is 1.05 bits per heavy atom. The lowest BCUT2D eigenvalue weighted by atomic mass is 9.49. The van der Waals surface area contributed by atoms with E-state index in [1.54, 1.807) is 0 Å². The molecule has 0 heterocycles. The Bertz CT molecular complexity index is 333. The summed E-state index contributed by atoms with van der Waals surface area (Å²) in [6.07, 6.45) is 7.49. The fraction of sp³-hybridized carbons (Fsp3) is 0.941. The first-order valence-corrected chi connectivity index (χ1v) is 8.54. The lowest BCUT2D eigenvalue weighted by Gasteiger charge is -2.55. The first kappa shape index (κ1) is 17.1. The second-order valence-corrected chi connectivity index (χ2v) is 7.36. The molecule has 4 heteroatoms. The number of halogens is 1. The molecule has 0 amide bonds. The molecular formula is C17H30ClNO2. The van der Waals surface area contributed by atoms with E-state index in [1.165, 1.54) is 19.3 Å². The monoisotopic (exact) mass is 315 g/mol. The number of carbonyl (C=O) groups is 1. The minimum atomic E-state index is -0.0853. The Balaban J connectivity index is 0.00000161. The van der Waals surface area contributed by atoms with Crippen molar-refractivity contribution in [3.8, 4) is 0 Å². The molecule has 0 aromatic rings. The highest BCUT2D eigenvalue weighted by Crippen LogP contribution is 2.60. The van der Waals surface area contributed by atoms with E-state index in [4.69, 9.17) is 4.74 Å². The quantitative estimate of drug-likeness (QED) is 0.702. The summed E-state index contributed by atoms with van der Waals surface area (Å²) in [4.78, 5) is 14.9. The number of nitrogens with zero attached hydrogens (tertiary/aromatic N) is 1. The molecule has 122 valence electrons. The van der Waals surface area contributed by atoms with Crippen LogP contribution in [0.2, 0.25) is 0 Å². The zero-order chi connectivity index (χ0) is 14.2. The van der Waals surface area contributed by atoms with Gasteiger partial charge in [0, 0.05) is 6.54 Å². The summed E-state index contributed by atoms with van der Waals surface area (Å²) < 4.78 is 5.68. The molecule has 4 aliphatic carbocycles. The van der Waals surface area contributed by atoms with Crippen LogP contribution in [-0.4, -0.2) is 37.1 Å². The van der Waals surface area contributed by atoms with E-state index in [0.717, 1.165) is 56.7 Å². The van der Waals surface area contributed by atoms with Crippen LogP contribution in [0.3, 0.4) is 0 Å². The van der Waals surface area contributed by atoms with Gasteiger partial charge < -0.3 is 9.64 Å². The van der Waals surface area contributed by atoms with Gasteiger partial charge in [-0.3, -0.25) is 4.79 Å². The second-order valence-electron chi connectivity index (χ2n) is 7.36. The molecule has 3 nitrogen and oxygen atoms in total. The van der Waals surface area contributed by atoms with E-state index in [0.29, 0.717) is 6.61 Å². The zero-order valence-electron chi connectivity index (χ0n) is 13.5. The molecule has 4 saturated carbocycles. The van der Waals surface area contributed by atoms with Gasteiger partial charge in [0.1, 0.15) is 6.61 Å². The molecule has 0 atom stereocenters. The maximum Gasteiger partial charge on any atom is 0.312 e. The maximum absolute atomic E-state index is 12.6. The van der Waals surface area contributed by atoms with Crippen LogP contribution in [0.1, 0.15) is 52.4 Å². The number of esters is 1. The molecule has 0 N–H and O–H groups in total. The average molecular weight is 316 g/mol. The lowest BCUT2D eigenvalue weighted by Crippen LogP contribution is -2.50. The maximum atomic E-state index is 12.6. The molecule has 0 aromatic heterocycles. The summed E-state index contributed by atoms with van der Waals surface area (Å²) in [5.41, 5.74) is -0.0853. The number of rotatable bonds is 6. The minimum Gasteiger partial charge on any atom is -0.464 e. The average Bonchev–Trinajstić information content (AvgIpc) is 2.42. The van der Waals surface area contributed by atoms with Gasteiger partial charge in [-0.1, -0.05) is 13.8 Å². The van der Waals surface area contributed by atoms with Crippen molar-refractivity contribution >= 4 is 18.4 Å². The third-order valence-corrected chi connectivity index (χ3v) is 6.01. The summed E-state index contributed by atoms with van der Waals surface area (Å²) >= 11 is 0. The number of hydrogen-bond acceptors (Lipinski definition) is 3. The van der Waals surface area contributed by atoms with E-state index in [1.807, 2.05) is 0 Å². The highest BCUT2D eigenvalue weighted by molar-refractivity contribution is 5.85. The largest absolute Gasteiger partial charge is 0.464 e. The number of hydrogen-bond donors (Lipinski definition) is 0. The van der Waals surface area contributed by atoms with Gasteiger partial charge in [0.25, 0.3) is 0 Å². The summed E-state index contributed by atoms with van der Waals surface area (Å²) in [5.74, 6) is 2.58. The van der Waals surface area contributed by atoms with Crippen molar-refractivity contribution in [2.75, 3.05) is 26.2 Å². The van der Waals surface area contributed by atoms with Gasteiger partial charge in [0.2, 0.25) is 0 Å². The standard InChI is InChI=1S/C17H29NO2.ClH/c1-3-18(4-2)5-6-20-16(19)17-10-13-7-14(11-17)9-15(8-13)12-17;/h13-15H,3-12H2,1-2H3;1H. The molecule has 4 aliphatic rings. The predicted molar refractivity (Wildman–Crippen MR) is 86.6 cm³/mol. The van der Waals surface area contributed by atoms with Crippen LogP contribution >= 0.6 is 12.4 Å². The van der Waals surface area contributed by atoms with Gasteiger partial charge in [0.15, 0.2) is 0 Å². The second kappa shape index (κ2) is 6.87. The lowest BCUT2D eigenvalue weighted by molar-refractivity contribution is -0.171. The highest BCUT2D eigenvalue weighted by Gasteiger charge is 2.55. The summed E-state index contributed by atoms with van der Waals surface area (Å²) in [6.45, 7) is 7.83. The van der Waals surface area contributed by atoms with Gasteiger partial charge in [-0.2, -0.15) is 0 Å². The fourth-order valence-electron chi connectivity index (χ4n) is 5.32. The smallest absolute Gasteiger partial charge is 0.312 e. The van der Waals surface area contributed by atoms with E-state index in [2.05, 4.69) is 18.7 Å². The molecule has 0 spiro atoms. The molecule has 4 fully saturated rings. The Kier molecular flexibility index (Phi) is 5.59. The van der Waals surface area contributed by atoms with Crippen LogP contribution in [-0.2, 0) is 9.53 Å². The normalized spacial score (nSPS) is 36.6. The van der Waals surface area contributed by atoms with Crippen molar-refractivity contribution < 1.29 is 9.53 Å². The van der Waals surface area contributed by atoms with E-state index in [9.17, 15) is 4.79 Å². The molecule has 0 aromatic carbocycles. The van der Waals surface area contributed by atoms with Gasteiger partial charge in [-0.15, -0.1) is 12.4 Å². The van der Waals surface area contributed by atoms with Gasteiger partial charge in [-0.05, 0) is 69.4 Å². The minimum absolute atomic E-state index is 0. The van der Waals surface area contributed by atoms with Crippen LogP contribution in [0.15, 0.2) is 0 Å². The van der Waals surface area contributed by atoms with Crippen molar-refractivity contribution in [3.63, 3.8) is 0 Å². The van der Waals surface area contributed by atoms with Gasteiger partial charge in [-0.25, -0.2) is 0 Å². The SMILES string of the molecule is CCN(CC)CCOC(=O)C12CC3CC(CC(C3)C1)C2.Cl. The molecular weight excluding hydrogens is 286 g/mol. The Morgan fingerprint density at radius 2 is 1.52 bits per heavy atom. The van der Waals surface area contributed by atoms with E-state index in [-0.39, 0.29) is 23.8 Å². The third kappa shape index (κ3) is 3.39. The summed E-state index contributed by atoms with van der Waals surface area (Å²) in [7, 11) is 0. The molecule has 21 heavy (non-hydrogen) atoms. The summed E-state index contributed by atoms with van der Waals surface area (Å²) in [6, 6.07) is 0. The number of likely N-dealkylation sites (N-methyl/N-ethyl adjacent to an activating group) is 1. The molecule has 0 unspecified atom stereocenters. The molecule has 0 radical (unpaired) electrons. The van der Waals surface area contributed by atoms with Crippen molar-refractivity contribution in [2.45, 2.75) is 52.4 Å². The van der Waals surface area contributed by atoms with E-state index < -0.39 is 0 Å². The van der Waals surface area contributed by atoms with Crippen molar-refractivity contribution in [1.29, 1.82) is 0 Å². The zero-order valence-corrected chi connectivity index (χ0v) is 14.3. The molecule has 0 aliphatic heterocycles.